The van der Waals surface area contributed by atoms with Gasteiger partial charge in [0.15, 0.2) is 0 Å². The van der Waals surface area contributed by atoms with Crippen LogP contribution >= 0.6 is 0 Å². The van der Waals surface area contributed by atoms with Gasteiger partial charge in [-0.3, -0.25) is 0 Å². The van der Waals surface area contributed by atoms with Gasteiger partial charge in [-0.2, -0.15) is 0 Å². The molecule has 0 amide bonds. The van der Waals surface area contributed by atoms with E-state index in [9.17, 15) is 0 Å². The van der Waals surface area contributed by atoms with Gasteiger partial charge in [0.1, 0.15) is 6.21 Å². The van der Waals surface area contributed by atoms with Gasteiger partial charge in [0.2, 0.25) is 5.10 Å². The van der Waals surface area contributed by atoms with Gasteiger partial charge in [0.25, 0.3) is 0 Å². The number of rotatable bonds is 0. The highest BCUT2D eigenvalue weighted by Crippen LogP contribution is 2.05. The second-order valence-electron chi connectivity index (χ2n) is 3.26. The normalized spacial score (nSPS) is 13.1. The molecular weight excluding hydrogens is 172 g/mol. The lowest BCUT2D eigenvalue weighted by Crippen LogP contribution is -2.31. The van der Waals surface area contributed by atoms with E-state index < -0.39 is 0 Å². The fraction of sp³-hybridized carbons (Fsp3) is 0. The van der Waals surface area contributed by atoms with Crippen molar-refractivity contribution in [2.45, 2.75) is 0 Å². The molecule has 0 saturated carbocycles. The van der Waals surface area contributed by atoms with Gasteiger partial charge >= 0.3 is 5.36 Å². The molecule has 2 heteroatoms. The molecule has 2 aromatic rings. The Kier molecular flexibility index (Phi) is 1.47. The average Bonchev–Trinajstić information content (AvgIpc) is 2.29. The monoisotopic (exact) mass is 180 g/mol. The van der Waals surface area contributed by atoms with Crippen molar-refractivity contribution in [1.82, 2.24) is 5.10 Å². The van der Waals surface area contributed by atoms with Crippen LogP contribution in [0, 0.1) is 0 Å². The second-order valence-corrected chi connectivity index (χ2v) is 3.26. The molecule has 0 aromatic heterocycles. The summed E-state index contributed by atoms with van der Waals surface area (Å²) in [6, 6.07) is 12.4. The maximum Gasteiger partial charge on any atom is 0.327 e. The SMILES string of the molecule is C1=N[N+]=c2c(ccc3ccccc23)=C1. The zero-order valence-corrected chi connectivity index (χ0v) is 7.51. The van der Waals surface area contributed by atoms with Crippen LogP contribution in [-0.4, -0.2) is 6.21 Å². The third-order valence-electron chi connectivity index (χ3n) is 2.41. The number of fused-ring (bicyclic) bond motifs is 3. The standard InChI is InChI=1S/C12H8N2/c1-2-4-11-9(3-1)5-6-10-7-8-13-14-12(10)11/h1-8H/q+1. The van der Waals surface area contributed by atoms with Crippen LogP contribution in [0.15, 0.2) is 41.5 Å². The first-order chi connectivity index (χ1) is 6.95. The molecule has 0 aliphatic carbocycles. The smallest absolute Gasteiger partial charge is 0.0616 e. The van der Waals surface area contributed by atoms with Gasteiger partial charge in [-0.25, -0.2) is 0 Å². The van der Waals surface area contributed by atoms with E-state index in [0.29, 0.717) is 0 Å². The molecule has 0 bridgehead atoms. The second kappa shape index (κ2) is 2.77. The fourth-order valence-corrected chi connectivity index (χ4v) is 1.72. The Bertz CT molecular complexity index is 639. The summed E-state index contributed by atoms with van der Waals surface area (Å²) in [5, 5.41) is 12.6. The summed E-state index contributed by atoms with van der Waals surface area (Å²) in [6.45, 7) is 0. The Balaban J connectivity index is 2.63. The summed E-state index contributed by atoms with van der Waals surface area (Å²) in [7, 11) is 0. The third-order valence-corrected chi connectivity index (χ3v) is 2.41. The summed E-state index contributed by atoms with van der Waals surface area (Å²) in [5.74, 6) is 0. The molecule has 0 saturated heterocycles. The van der Waals surface area contributed by atoms with E-state index in [1.807, 2.05) is 18.2 Å². The van der Waals surface area contributed by atoms with E-state index in [2.05, 4.69) is 34.5 Å². The van der Waals surface area contributed by atoms with Gasteiger partial charge in [0.05, 0.1) is 15.7 Å². The maximum atomic E-state index is 4.16. The summed E-state index contributed by atoms with van der Waals surface area (Å²) in [6.07, 6.45) is 3.70. The Hall–Kier alpha value is -1.96. The lowest BCUT2D eigenvalue weighted by molar-refractivity contribution is 1.00. The molecule has 0 spiro atoms. The molecular formula is C12H8N2+. The predicted octanol–water partition coefficient (Wildman–Crippen LogP) is 0.575. The molecule has 0 N–H and O–H groups in total. The fourth-order valence-electron chi connectivity index (χ4n) is 1.72. The van der Waals surface area contributed by atoms with E-state index in [1.54, 1.807) is 6.21 Å². The Morgan fingerprint density at radius 2 is 1.93 bits per heavy atom. The van der Waals surface area contributed by atoms with Crippen molar-refractivity contribution in [1.29, 1.82) is 0 Å². The van der Waals surface area contributed by atoms with Crippen LogP contribution in [0.25, 0.3) is 16.8 Å². The minimum absolute atomic E-state index is 0.977. The first-order valence-corrected chi connectivity index (χ1v) is 4.54. The van der Waals surface area contributed by atoms with Crippen molar-refractivity contribution < 1.29 is 0 Å². The summed E-state index contributed by atoms with van der Waals surface area (Å²) < 4.78 is 0. The van der Waals surface area contributed by atoms with E-state index in [1.165, 1.54) is 5.39 Å². The van der Waals surface area contributed by atoms with Crippen molar-refractivity contribution >= 4 is 23.1 Å². The Labute approximate surface area is 80.9 Å². The molecule has 0 atom stereocenters. The van der Waals surface area contributed by atoms with Gasteiger partial charge in [0, 0.05) is 0 Å². The molecule has 65 valence electrons. The van der Waals surface area contributed by atoms with Crippen LogP contribution in [0.4, 0.5) is 0 Å². The van der Waals surface area contributed by atoms with Gasteiger partial charge < -0.3 is 0 Å². The Morgan fingerprint density at radius 1 is 1.00 bits per heavy atom. The number of benzene rings is 2. The summed E-state index contributed by atoms with van der Waals surface area (Å²) >= 11 is 0. The van der Waals surface area contributed by atoms with Crippen LogP contribution < -0.4 is 15.7 Å². The first-order valence-electron chi connectivity index (χ1n) is 4.54. The van der Waals surface area contributed by atoms with Crippen LogP contribution in [0.1, 0.15) is 0 Å². The van der Waals surface area contributed by atoms with Crippen molar-refractivity contribution in [3.05, 3.63) is 47.0 Å². The molecule has 0 fully saturated rings. The van der Waals surface area contributed by atoms with Gasteiger partial charge in [-0.05, 0) is 23.6 Å². The quantitative estimate of drug-likeness (QED) is 0.567. The minimum atomic E-state index is 0.977. The van der Waals surface area contributed by atoms with Crippen LogP contribution in [-0.2, 0) is 0 Å². The van der Waals surface area contributed by atoms with Gasteiger partial charge in [-0.1, -0.05) is 24.3 Å². The van der Waals surface area contributed by atoms with Gasteiger partial charge in [-0.15, -0.1) is 0 Å². The Morgan fingerprint density at radius 3 is 2.93 bits per heavy atom. The molecule has 3 rings (SSSR count). The zero-order chi connectivity index (χ0) is 9.38. The first kappa shape index (κ1) is 7.44. The molecule has 1 aliphatic heterocycles. The molecule has 1 aliphatic rings. The van der Waals surface area contributed by atoms with E-state index >= 15 is 0 Å². The zero-order valence-electron chi connectivity index (χ0n) is 7.51. The maximum absolute atomic E-state index is 4.16. The molecule has 2 nitrogen and oxygen atoms in total. The van der Waals surface area contributed by atoms with Crippen LogP contribution in [0.3, 0.4) is 0 Å². The number of hydrogen-bond acceptors (Lipinski definition) is 2. The van der Waals surface area contributed by atoms with Crippen molar-refractivity contribution in [3.8, 4) is 0 Å². The number of nitrogens with zero attached hydrogens (tertiary/aromatic N) is 2. The van der Waals surface area contributed by atoms with Crippen LogP contribution in [0.5, 0.6) is 0 Å². The van der Waals surface area contributed by atoms with Crippen LogP contribution in [0.2, 0.25) is 0 Å². The minimum Gasteiger partial charge on any atom is -0.0616 e. The molecule has 1 heterocycles. The van der Waals surface area contributed by atoms with Crippen molar-refractivity contribution in [2.75, 3.05) is 0 Å². The third kappa shape index (κ3) is 0.973. The number of hydrogen-bond donors (Lipinski definition) is 0. The van der Waals surface area contributed by atoms with Crippen molar-refractivity contribution in [2.24, 2.45) is 5.10 Å². The summed E-state index contributed by atoms with van der Waals surface area (Å²) in [4.78, 5) is 0. The topological polar surface area (TPSA) is 26.5 Å². The molecule has 1 radical (unpaired) electrons. The molecule has 0 unspecified atom stereocenters. The molecule has 14 heavy (non-hydrogen) atoms. The van der Waals surface area contributed by atoms with Crippen molar-refractivity contribution in [3.63, 3.8) is 0 Å². The highest BCUT2D eigenvalue weighted by Gasteiger charge is 2.07. The highest BCUT2D eigenvalue weighted by molar-refractivity contribution is 5.92. The lowest BCUT2D eigenvalue weighted by Gasteiger charge is -1.92. The van der Waals surface area contributed by atoms with E-state index in [-0.39, 0.29) is 0 Å². The predicted molar refractivity (Wildman–Crippen MR) is 57.4 cm³/mol. The highest BCUT2D eigenvalue weighted by atomic mass is 15.2. The van der Waals surface area contributed by atoms with E-state index in [4.69, 9.17) is 0 Å². The van der Waals surface area contributed by atoms with E-state index in [0.717, 1.165) is 16.0 Å². The summed E-state index contributed by atoms with van der Waals surface area (Å²) in [5.41, 5.74) is 0. The molecule has 2 aromatic carbocycles. The largest absolute Gasteiger partial charge is 0.327 e. The average molecular weight is 180 g/mol. The lowest BCUT2D eigenvalue weighted by atomic mass is 10.1.